The third kappa shape index (κ3) is 4.54. The number of hydrogen-bond donors (Lipinski definition) is 1. The van der Waals surface area contributed by atoms with Gasteiger partial charge in [-0.1, -0.05) is 28.9 Å². The average molecular weight is 365 g/mol. The van der Waals surface area contributed by atoms with Gasteiger partial charge in [0.15, 0.2) is 0 Å². The summed E-state index contributed by atoms with van der Waals surface area (Å²) < 4.78 is 5.25. The maximum atomic E-state index is 12.2. The van der Waals surface area contributed by atoms with Crippen molar-refractivity contribution >= 4 is 29.3 Å². The van der Waals surface area contributed by atoms with Crippen molar-refractivity contribution in [1.29, 1.82) is 0 Å². The van der Waals surface area contributed by atoms with E-state index in [9.17, 15) is 4.79 Å². The minimum atomic E-state index is -0.131. The highest BCUT2D eigenvalue weighted by Crippen LogP contribution is 2.23. The molecule has 6 heteroatoms. The van der Waals surface area contributed by atoms with Crippen molar-refractivity contribution < 1.29 is 9.32 Å². The predicted molar refractivity (Wildman–Crippen MR) is 97.7 cm³/mol. The highest BCUT2D eigenvalue weighted by molar-refractivity contribution is 7.98. The second kappa shape index (κ2) is 8.58. The van der Waals surface area contributed by atoms with Gasteiger partial charge >= 0.3 is 0 Å². The van der Waals surface area contributed by atoms with Gasteiger partial charge in [-0.2, -0.15) is 11.8 Å². The number of aryl methyl sites for hydroxylation is 1. The SMILES string of the molecule is O=C(NCCCSCc1ccc(Cl)cc1)c1onc2c1CCCC2. The fourth-order valence-corrected chi connectivity index (χ4v) is 3.84. The fourth-order valence-electron chi connectivity index (χ4n) is 2.80. The van der Waals surface area contributed by atoms with E-state index in [-0.39, 0.29) is 5.91 Å². The molecule has 1 aliphatic carbocycles. The van der Waals surface area contributed by atoms with Crippen LogP contribution in [0.3, 0.4) is 0 Å². The van der Waals surface area contributed by atoms with Gasteiger partial charge in [-0.25, -0.2) is 0 Å². The lowest BCUT2D eigenvalue weighted by Crippen LogP contribution is -2.25. The molecule has 0 fully saturated rings. The Labute approximate surface area is 151 Å². The summed E-state index contributed by atoms with van der Waals surface area (Å²) in [6.45, 7) is 0.655. The summed E-state index contributed by atoms with van der Waals surface area (Å²) in [5.41, 5.74) is 3.24. The number of amides is 1. The summed E-state index contributed by atoms with van der Waals surface area (Å²) in [5.74, 6) is 2.24. The first-order valence-electron chi connectivity index (χ1n) is 8.32. The van der Waals surface area contributed by atoms with E-state index in [1.807, 2.05) is 36.0 Å². The lowest BCUT2D eigenvalue weighted by molar-refractivity contribution is 0.0915. The van der Waals surface area contributed by atoms with Crippen LogP contribution in [0, 0.1) is 0 Å². The van der Waals surface area contributed by atoms with Crippen LogP contribution in [-0.4, -0.2) is 23.4 Å². The fraction of sp³-hybridized carbons (Fsp3) is 0.444. The first kappa shape index (κ1) is 17.4. The van der Waals surface area contributed by atoms with Crippen molar-refractivity contribution in [1.82, 2.24) is 10.5 Å². The van der Waals surface area contributed by atoms with Gasteiger partial charge in [0.1, 0.15) is 0 Å². The number of hydrogen-bond acceptors (Lipinski definition) is 4. The van der Waals surface area contributed by atoms with Crippen molar-refractivity contribution in [2.45, 2.75) is 37.9 Å². The Balaban J connectivity index is 1.35. The Morgan fingerprint density at radius 2 is 2.04 bits per heavy atom. The summed E-state index contributed by atoms with van der Waals surface area (Å²) in [6.07, 6.45) is 4.99. The monoisotopic (exact) mass is 364 g/mol. The van der Waals surface area contributed by atoms with Crippen LogP contribution in [0.1, 0.15) is 46.6 Å². The Morgan fingerprint density at radius 3 is 2.88 bits per heavy atom. The third-order valence-corrected chi connectivity index (χ3v) is 5.47. The normalized spacial score (nSPS) is 13.5. The van der Waals surface area contributed by atoms with Crippen LogP contribution in [0.4, 0.5) is 0 Å². The quantitative estimate of drug-likeness (QED) is 0.746. The van der Waals surface area contributed by atoms with Gasteiger partial charge in [-0.15, -0.1) is 0 Å². The minimum Gasteiger partial charge on any atom is -0.350 e. The zero-order valence-corrected chi connectivity index (χ0v) is 15.1. The summed E-state index contributed by atoms with van der Waals surface area (Å²) in [5, 5.41) is 7.73. The zero-order valence-electron chi connectivity index (χ0n) is 13.5. The van der Waals surface area contributed by atoms with Gasteiger partial charge in [-0.3, -0.25) is 4.79 Å². The molecule has 1 aromatic carbocycles. The number of aromatic nitrogens is 1. The average Bonchev–Trinajstić information content (AvgIpc) is 3.03. The molecule has 3 rings (SSSR count). The van der Waals surface area contributed by atoms with Crippen LogP contribution < -0.4 is 5.32 Å². The summed E-state index contributed by atoms with van der Waals surface area (Å²) in [6, 6.07) is 7.92. The smallest absolute Gasteiger partial charge is 0.290 e. The van der Waals surface area contributed by atoms with E-state index in [1.165, 1.54) is 5.56 Å². The molecule has 0 saturated carbocycles. The number of halogens is 1. The van der Waals surface area contributed by atoms with Crippen LogP contribution in [0.15, 0.2) is 28.8 Å². The number of benzene rings is 1. The lowest BCUT2D eigenvalue weighted by atomic mass is 9.96. The number of nitrogens with one attached hydrogen (secondary N) is 1. The topological polar surface area (TPSA) is 55.1 Å². The molecule has 24 heavy (non-hydrogen) atoms. The predicted octanol–water partition coefficient (Wildman–Crippen LogP) is 4.26. The highest BCUT2D eigenvalue weighted by atomic mass is 35.5. The van der Waals surface area contributed by atoms with Crippen molar-refractivity contribution in [3.8, 4) is 0 Å². The van der Waals surface area contributed by atoms with Crippen LogP contribution in [0.5, 0.6) is 0 Å². The number of rotatable bonds is 7. The molecule has 0 saturated heterocycles. The van der Waals surface area contributed by atoms with Gasteiger partial charge in [0.25, 0.3) is 5.91 Å². The Kier molecular flexibility index (Phi) is 6.21. The molecule has 1 N–H and O–H groups in total. The summed E-state index contributed by atoms with van der Waals surface area (Å²) in [4.78, 5) is 12.2. The summed E-state index contributed by atoms with van der Waals surface area (Å²) >= 11 is 7.73. The molecule has 0 aliphatic heterocycles. The number of fused-ring (bicyclic) bond motifs is 1. The Hall–Kier alpha value is -1.46. The lowest BCUT2D eigenvalue weighted by Gasteiger charge is -2.09. The van der Waals surface area contributed by atoms with Gasteiger partial charge in [0.05, 0.1) is 5.69 Å². The Bertz CT molecular complexity index is 685. The zero-order chi connectivity index (χ0) is 16.8. The molecule has 4 nitrogen and oxygen atoms in total. The highest BCUT2D eigenvalue weighted by Gasteiger charge is 2.23. The van der Waals surface area contributed by atoms with E-state index in [2.05, 4.69) is 10.5 Å². The number of thioether (sulfide) groups is 1. The molecule has 1 aromatic heterocycles. The maximum Gasteiger partial charge on any atom is 0.290 e. The molecule has 0 radical (unpaired) electrons. The molecule has 1 amide bonds. The van der Waals surface area contributed by atoms with Gasteiger partial charge in [0, 0.05) is 22.9 Å². The largest absolute Gasteiger partial charge is 0.350 e. The molecule has 0 spiro atoms. The number of carbonyl (C=O) groups excluding carboxylic acids is 1. The molecule has 0 unspecified atom stereocenters. The maximum absolute atomic E-state index is 12.2. The Morgan fingerprint density at radius 1 is 1.25 bits per heavy atom. The van der Waals surface area contributed by atoms with Gasteiger partial charge in [-0.05, 0) is 55.6 Å². The standard InChI is InChI=1S/C18H21ClN2O2S/c19-14-8-6-13(7-9-14)12-24-11-3-10-20-18(22)17-15-4-1-2-5-16(15)21-23-17/h6-9H,1-5,10-12H2,(H,20,22). The van der Waals surface area contributed by atoms with E-state index >= 15 is 0 Å². The van der Waals surface area contributed by atoms with Gasteiger partial charge in [0.2, 0.25) is 5.76 Å². The molecule has 0 atom stereocenters. The molecular formula is C18H21ClN2O2S. The van der Waals surface area contributed by atoms with Crippen molar-refractivity contribution in [3.63, 3.8) is 0 Å². The van der Waals surface area contributed by atoms with E-state index < -0.39 is 0 Å². The third-order valence-electron chi connectivity index (χ3n) is 4.10. The van der Waals surface area contributed by atoms with Crippen molar-refractivity contribution in [2.75, 3.05) is 12.3 Å². The van der Waals surface area contributed by atoms with Crippen LogP contribution >= 0.6 is 23.4 Å². The van der Waals surface area contributed by atoms with Crippen molar-refractivity contribution in [2.24, 2.45) is 0 Å². The van der Waals surface area contributed by atoms with Crippen LogP contribution in [0.2, 0.25) is 5.02 Å². The molecular weight excluding hydrogens is 344 g/mol. The van der Waals surface area contributed by atoms with E-state index in [4.69, 9.17) is 16.1 Å². The molecule has 1 heterocycles. The molecule has 0 bridgehead atoms. The van der Waals surface area contributed by atoms with E-state index in [1.54, 1.807) is 0 Å². The summed E-state index contributed by atoms with van der Waals surface area (Å²) in [7, 11) is 0. The van der Waals surface area contributed by atoms with Crippen LogP contribution in [0.25, 0.3) is 0 Å². The van der Waals surface area contributed by atoms with Crippen molar-refractivity contribution in [3.05, 3.63) is 51.9 Å². The minimum absolute atomic E-state index is 0.131. The second-order valence-electron chi connectivity index (χ2n) is 5.93. The van der Waals surface area contributed by atoms with Gasteiger partial charge < -0.3 is 9.84 Å². The number of carbonyl (C=O) groups is 1. The first-order valence-corrected chi connectivity index (χ1v) is 9.85. The van der Waals surface area contributed by atoms with Crippen LogP contribution in [-0.2, 0) is 18.6 Å². The molecule has 128 valence electrons. The second-order valence-corrected chi connectivity index (χ2v) is 7.47. The number of nitrogens with zero attached hydrogens (tertiary/aromatic N) is 1. The van der Waals surface area contributed by atoms with E-state index in [0.29, 0.717) is 12.3 Å². The van der Waals surface area contributed by atoms with E-state index in [0.717, 1.165) is 59.9 Å². The molecule has 1 aliphatic rings. The first-order chi connectivity index (χ1) is 11.7. The molecule has 2 aromatic rings.